The summed E-state index contributed by atoms with van der Waals surface area (Å²) in [5, 5.41) is 8.05. The van der Waals surface area contributed by atoms with Crippen molar-refractivity contribution in [2.45, 2.75) is 46.7 Å². The lowest BCUT2D eigenvalue weighted by Gasteiger charge is -2.19. The number of hydrogen-bond acceptors (Lipinski definition) is 2. The third-order valence-electron chi connectivity index (χ3n) is 3.62. The zero-order valence-corrected chi connectivity index (χ0v) is 13.6. The van der Waals surface area contributed by atoms with Crippen molar-refractivity contribution in [3.05, 3.63) is 53.3 Å². The minimum atomic E-state index is 0.308. The molecular formula is C18H27N3. The van der Waals surface area contributed by atoms with Crippen molar-refractivity contribution in [3.8, 4) is 0 Å². The molecule has 1 aromatic carbocycles. The van der Waals surface area contributed by atoms with Crippen molar-refractivity contribution in [2.24, 2.45) is 5.92 Å². The van der Waals surface area contributed by atoms with Gasteiger partial charge in [-0.05, 0) is 43.0 Å². The molecule has 114 valence electrons. The number of rotatable bonds is 7. The quantitative estimate of drug-likeness (QED) is 0.840. The smallest absolute Gasteiger partial charge is 0.0604 e. The Balaban J connectivity index is 2.10. The third kappa shape index (κ3) is 4.71. The lowest BCUT2D eigenvalue weighted by molar-refractivity contribution is 0.447. The standard InChI is InChI=1S/C18H27N3/c1-5-19-18(13-21-11-10-15(4)20-21)17-8-6-16(7-9-17)12-14(2)3/h6-11,14,18-19H,5,12-13H2,1-4H3. The summed E-state index contributed by atoms with van der Waals surface area (Å²) in [7, 11) is 0. The van der Waals surface area contributed by atoms with Gasteiger partial charge in [-0.25, -0.2) is 0 Å². The van der Waals surface area contributed by atoms with Crippen LogP contribution in [-0.4, -0.2) is 16.3 Å². The lowest BCUT2D eigenvalue weighted by atomic mass is 9.99. The van der Waals surface area contributed by atoms with E-state index in [0.29, 0.717) is 12.0 Å². The molecule has 1 atom stereocenters. The first-order valence-electron chi connectivity index (χ1n) is 7.90. The number of aryl methyl sites for hydroxylation is 1. The molecule has 0 aliphatic carbocycles. The molecule has 0 saturated heterocycles. The van der Waals surface area contributed by atoms with Gasteiger partial charge in [-0.2, -0.15) is 5.10 Å². The highest BCUT2D eigenvalue weighted by molar-refractivity contribution is 5.25. The SMILES string of the molecule is CCNC(Cn1ccc(C)n1)c1ccc(CC(C)C)cc1. The summed E-state index contributed by atoms with van der Waals surface area (Å²) in [6.07, 6.45) is 3.19. The van der Waals surface area contributed by atoms with E-state index in [1.807, 2.05) is 17.8 Å². The number of aromatic nitrogens is 2. The Labute approximate surface area is 128 Å². The molecule has 3 heteroatoms. The van der Waals surface area contributed by atoms with Gasteiger partial charge >= 0.3 is 0 Å². The molecule has 2 rings (SSSR count). The second-order valence-corrected chi connectivity index (χ2v) is 6.13. The van der Waals surface area contributed by atoms with Gasteiger partial charge in [0.05, 0.1) is 18.3 Å². The first-order valence-corrected chi connectivity index (χ1v) is 7.90. The van der Waals surface area contributed by atoms with E-state index in [4.69, 9.17) is 0 Å². The number of hydrogen-bond donors (Lipinski definition) is 1. The predicted octanol–water partition coefficient (Wildman–Crippen LogP) is 3.74. The van der Waals surface area contributed by atoms with Crippen molar-refractivity contribution < 1.29 is 0 Å². The molecule has 2 aromatic rings. The van der Waals surface area contributed by atoms with Crippen LogP contribution in [0.3, 0.4) is 0 Å². The van der Waals surface area contributed by atoms with Gasteiger partial charge in [0.2, 0.25) is 0 Å². The van der Waals surface area contributed by atoms with Crippen LogP contribution in [0.5, 0.6) is 0 Å². The maximum atomic E-state index is 4.49. The summed E-state index contributed by atoms with van der Waals surface area (Å²) in [6.45, 7) is 10.5. The Morgan fingerprint density at radius 1 is 1.14 bits per heavy atom. The summed E-state index contributed by atoms with van der Waals surface area (Å²) < 4.78 is 2.02. The second-order valence-electron chi connectivity index (χ2n) is 6.13. The molecule has 1 aromatic heterocycles. The van der Waals surface area contributed by atoms with Crippen LogP contribution in [0.1, 0.15) is 43.6 Å². The fourth-order valence-corrected chi connectivity index (χ4v) is 2.64. The van der Waals surface area contributed by atoms with Crippen LogP contribution in [0.15, 0.2) is 36.5 Å². The topological polar surface area (TPSA) is 29.9 Å². The van der Waals surface area contributed by atoms with Crippen molar-refractivity contribution in [1.29, 1.82) is 0 Å². The lowest BCUT2D eigenvalue weighted by Crippen LogP contribution is -2.25. The highest BCUT2D eigenvalue weighted by Gasteiger charge is 2.11. The van der Waals surface area contributed by atoms with Gasteiger partial charge in [-0.15, -0.1) is 0 Å². The normalized spacial score (nSPS) is 12.8. The maximum absolute atomic E-state index is 4.49. The second kappa shape index (κ2) is 7.41. The molecule has 0 aliphatic heterocycles. The first kappa shape index (κ1) is 15.8. The molecule has 0 spiro atoms. The summed E-state index contributed by atoms with van der Waals surface area (Å²) in [6, 6.07) is 11.4. The number of nitrogens with zero attached hydrogens (tertiary/aromatic N) is 2. The highest BCUT2D eigenvalue weighted by Crippen LogP contribution is 2.17. The Morgan fingerprint density at radius 3 is 2.38 bits per heavy atom. The van der Waals surface area contributed by atoms with E-state index >= 15 is 0 Å². The van der Waals surface area contributed by atoms with Crippen molar-refractivity contribution in [2.75, 3.05) is 6.54 Å². The molecule has 0 fully saturated rings. The van der Waals surface area contributed by atoms with E-state index in [-0.39, 0.29) is 0 Å². The van der Waals surface area contributed by atoms with Gasteiger partial charge in [0, 0.05) is 6.20 Å². The van der Waals surface area contributed by atoms with Gasteiger partial charge in [-0.1, -0.05) is 45.0 Å². The molecule has 1 N–H and O–H groups in total. The van der Waals surface area contributed by atoms with Gasteiger partial charge in [0.25, 0.3) is 0 Å². The van der Waals surface area contributed by atoms with E-state index in [0.717, 1.165) is 25.2 Å². The summed E-state index contributed by atoms with van der Waals surface area (Å²) in [5.74, 6) is 0.701. The van der Waals surface area contributed by atoms with Gasteiger partial charge in [-0.3, -0.25) is 4.68 Å². The zero-order valence-electron chi connectivity index (χ0n) is 13.6. The van der Waals surface area contributed by atoms with Crippen molar-refractivity contribution in [1.82, 2.24) is 15.1 Å². The van der Waals surface area contributed by atoms with E-state index in [2.05, 4.69) is 61.5 Å². The van der Waals surface area contributed by atoms with Gasteiger partial charge in [0.15, 0.2) is 0 Å². The predicted molar refractivity (Wildman–Crippen MR) is 88.4 cm³/mol. The summed E-state index contributed by atoms with van der Waals surface area (Å²) >= 11 is 0. The molecule has 0 radical (unpaired) electrons. The molecular weight excluding hydrogens is 258 g/mol. The van der Waals surface area contributed by atoms with Crippen LogP contribution < -0.4 is 5.32 Å². The largest absolute Gasteiger partial charge is 0.309 e. The minimum Gasteiger partial charge on any atom is -0.309 e. The molecule has 0 bridgehead atoms. The molecule has 3 nitrogen and oxygen atoms in total. The van der Waals surface area contributed by atoms with E-state index < -0.39 is 0 Å². The van der Waals surface area contributed by atoms with Crippen LogP contribution >= 0.6 is 0 Å². The molecule has 1 unspecified atom stereocenters. The summed E-state index contributed by atoms with van der Waals surface area (Å²) in [4.78, 5) is 0. The minimum absolute atomic E-state index is 0.308. The Bertz CT molecular complexity index is 540. The van der Waals surface area contributed by atoms with E-state index in [9.17, 15) is 0 Å². The van der Waals surface area contributed by atoms with Crippen molar-refractivity contribution in [3.63, 3.8) is 0 Å². The number of nitrogens with one attached hydrogen (secondary N) is 1. The average Bonchev–Trinajstić information content (AvgIpc) is 2.84. The Hall–Kier alpha value is -1.61. The highest BCUT2D eigenvalue weighted by atomic mass is 15.3. The average molecular weight is 285 g/mol. The maximum Gasteiger partial charge on any atom is 0.0604 e. The third-order valence-corrected chi connectivity index (χ3v) is 3.62. The number of likely N-dealkylation sites (N-methyl/N-ethyl adjacent to an activating group) is 1. The van der Waals surface area contributed by atoms with Gasteiger partial charge < -0.3 is 5.32 Å². The van der Waals surface area contributed by atoms with Crippen molar-refractivity contribution >= 4 is 0 Å². The van der Waals surface area contributed by atoms with E-state index in [1.165, 1.54) is 11.1 Å². The van der Waals surface area contributed by atoms with E-state index in [1.54, 1.807) is 0 Å². The van der Waals surface area contributed by atoms with Crippen LogP contribution in [-0.2, 0) is 13.0 Å². The monoisotopic (exact) mass is 285 g/mol. The van der Waals surface area contributed by atoms with Crippen LogP contribution in [0.25, 0.3) is 0 Å². The number of benzene rings is 1. The summed E-state index contributed by atoms with van der Waals surface area (Å²) in [5.41, 5.74) is 3.81. The van der Waals surface area contributed by atoms with Crippen LogP contribution in [0.4, 0.5) is 0 Å². The molecule has 1 heterocycles. The molecule has 21 heavy (non-hydrogen) atoms. The van der Waals surface area contributed by atoms with Crippen LogP contribution in [0, 0.1) is 12.8 Å². The molecule has 0 saturated carbocycles. The van der Waals surface area contributed by atoms with Crippen LogP contribution in [0.2, 0.25) is 0 Å². The fourth-order valence-electron chi connectivity index (χ4n) is 2.64. The Kier molecular flexibility index (Phi) is 5.57. The molecule has 0 amide bonds. The zero-order chi connectivity index (χ0) is 15.2. The Morgan fingerprint density at radius 2 is 1.86 bits per heavy atom. The molecule has 0 aliphatic rings. The van der Waals surface area contributed by atoms with Gasteiger partial charge in [0.1, 0.15) is 0 Å². The first-order chi connectivity index (χ1) is 10.1. The fraction of sp³-hybridized carbons (Fsp3) is 0.500.